The number of hydrogen-bond donors (Lipinski definition) is 1. The van der Waals surface area contributed by atoms with Crippen molar-refractivity contribution in [3.63, 3.8) is 0 Å². The topological polar surface area (TPSA) is 60.2 Å². The van der Waals surface area contributed by atoms with Crippen LogP contribution in [0.2, 0.25) is 0 Å². The minimum atomic E-state index is 0.111. The molecule has 16 heavy (non-hydrogen) atoms. The summed E-state index contributed by atoms with van der Waals surface area (Å²) in [5.41, 5.74) is 0.937. The highest BCUT2D eigenvalue weighted by atomic mass is 16.5. The molecule has 0 unspecified atom stereocenters. The predicted molar refractivity (Wildman–Crippen MR) is 58.6 cm³/mol. The lowest BCUT2D eigenvalue weighted by molar-refractivity contribution is 0.224. The van der Waals surface area contributed by atoms with Crippen molar-refractivity contribution in [3.8, 4) is 11.7 Å². The van der Waals surface area contributed by atoms with E-state index in [1.165, 1.54) is 0 Å². The standard InChI is InChI=1S/C11H13N3O2/c15-7-4-8-16-11-12-9-14(13-11)10-5-2-1-3-6-10/h1-3,5-6,9,15H,4,7-8H2. The molecular formula is C11H13N3O2. The number of ether oxygens (including phenoxy) is 1. The molecule has 5 heteroatoms. The fraction of sp³-hybridized carbons (Fsp3) is 0.273. The van der Waals surface area contributed by atoms with Crippen molar-refractivity contribution in [2.45, 2.75) is 6.42 Å². The zero-order valence-electron chi connectivity index (χ0n) is 8.78. The molecule has 1 aromatic heterocycles. The molecule has 0 radical (unpaired) electrons. The second kappa shape index (κ2) is 5.27. The highest BCUT2D eigenvalue weighted by molar-refractivity contribution is 5.29. The maximum absolute atomic E-state index is 8.60. The molecule has 0 saturated carbocycles. The van der Waals surface area contributed by atoms with Gasteiger partial charge in [0.05, 0.1) is 12.3 Å². The van der Waals surface area contributed by atoms with E-state index in [0.29, 0.717) is 19.0 Å². The van der Waals surface area contributed by atoms with Crippen molar-refractivity contribution in [3.05, 3.63) is 36.7 Å². The van der Waals surface area contributed by atoms with E-state index in [0.717, 1.165) is 5.69 Å². The molecule has 84 valence electrons. The SMILES string of the molecule is OCCCOc1ncn(-c2ccccc2)n1. The van der Waals surface area contributed by atoms with Gasteiger partial charge >= 0.3 is 6.01 Å². The molecule has 1 heterocycles. The Balaban J connectivity index is 2.02. The van der Waals surface area contributed by atoms with Crippen LogP contribution in [0.15, 0.2) is 36.7 Å². The molecule has 5 nitrogen and oxygen atoms in total. The number of aliphatic hydroxyl groups is 1. The van der Waals surface area contributed by atoms with Gasteiger partial charge in [-0.05, 0) is 12.1 Å². The van der Waals surface area contributed by atoms with Gasteiger partial charge in [-0.25, -0.2) is 4.68 Å². The smallest absolute Gasteiger partial charge is 0.335 e. The van der Waals surface area contributed by atoms with Gasteiger partial charge in [-0.1, -0.05) is 18.2 Å². The Bertz CT molecular complexity index is 428. The lowest BCUT2D eigenvalue weighted by Crippen LogP contribution is -2.01. The second-order valence-corrected chi connectivity index (χ2v) is 3.23. The molecule has 0 atom stereocenters. The Hall–Kier alpha value is -1.88. The van der Waals surface area contributed by atoms with Gasteiger partial charge in [0.2, 0.25) is 0 Å². The van der Waals surface area contributed by atoms with E-state index in [1.54, 1.807) is 11.0 Å². The molecule has 0 aliphatic heterocycles. The van der Waals surface area contributed by atoms with Crippen molar-refractivity contribution >= 4 is 0 Å². The maximum Gasteiger partial charge on any atom is 0.335 e. The van der Waals surface area contributed by atoms with Gasteiger partial charge in [-0.3, -0.25) is 0 Å². The summed E-state index contributed by atoms with van der Waals surface area (Å²) in [6.45, 7) is 0.536. The Morgan fingerprint density at radius 3 is 2.81 bits per heavy atom. The van der Waals surface area contributed by atoms with E-state index in [1.807, 2.05) is 30.3 Å². The molecular weight excluding hydrogens is 206 g/mol. The van der Waals surface area contributed by atoms with E-state index in [4.69, 9.17) is 9.84 Å². The summed E-state index contributed by atoms with van der Waals surface area (Å²) in [5, 5.41) is 12.8. The lowest BCUT2D eigenvalue weighted by Gasteiger charge is -1.99. The molecule has 2 aromatic rings. The predicted octanol–water partition coefficient (Wildman–Crippen LogP) is 1.03. The quantitative estimate of drug-likeness (QED) is 0.763. The zero-order chi connectivity index (χ0) is 11.2. The average Bonchev–Trinajstić information content (AvgIpc) is 2.79. The Morgan fingerprint density at radius 2 is 2.06 bits per heavy atom. The number of benzene rings is 1. The highest BCUT2D eigenvalue weighted by Crippen LogP contribution is 2.08. The summed E-state index contributed by atoms with van der Waals surface area (Å²) in [4.78, 5) is 4.01. The molecule has 0 aliphatic rings. The van der Waals surface area contributed by atoms with E-state index >= 15 is 0 Å². The fourth-order valence-corrected chi connectivity index (χ4v) is 1.25. The summed E-state index contributed by atoms with van der Waals surface area (Å²) in [7, 11) is 0. The molecule has 0 spiro atoms. The highest BCUT2D eigenvalue weighted by Gasteiger charge is 2.02. The summed E-state index contributed by atoms with van der Waals surface area (Å²) < 4.78 is 6.89. The number of aliphatic hydroxyl groups excluding tert-OH is 1. The number of para-hydroxylation sites is 1. The van der Waals surface area contributed by atoms with Gasteiger partial charge in [0.15, 0.2) is 0 Å². The van der Waals surface area contributed by atoms with E-state index in [2.05, 4.69) is 10.1 Å². The van der Waals surface area contributed by atoms with E-state index < -0.39 is 0 Å². The first-order chi connectivity index (χ1) is 7.90. The first kappa shape index (κ1) is 10.6. The minimum Gasteiger partial charge on any atom is -0.462 e. The van der Waals surface area contributed by atoms with Gasteiger partial charge in [0.25, 0.3) is 0 Å². The van der Waals surface area contributed by atoms with Gasteiger partial charge in [0.1, 0.15) is 6.33 Å². The summed E-state index contributed by atoms with van der Waals surface area (Å²) in [5.74, 6) is 0. The minimum absolute atomic E-state index is 0.111. The van der Waals surface area contributed by atoms with E-state index in [9.17, 15) is 0 Å². The first-order valence-electron chi connectivity index (χ1n) is 5.11. The number of rotatable bonds is 5. The van der Waals surface area contributed by atoms with Crippen LogP contribution in [0.1, 0.15) is 6.42 Å². The average molecular weight is 219 g/mol. The van der Waals surface area contributed by atoms with Crippen LogP contribution in [0.5, 0.6) is 6.01 Å². The third-order valence-corrected chi connectivity index (χ3v) is 2.03. The Labute approximate surface area is 93.3 Å². The molecule has 0 amide bonds. The van der Waals surface area contributed by atoms with Crippen molar-refractivity contribution in [1.29, 1.82) is 0 Å². The van der Waals surface area contributed by atoms with Crippen molar-refractivity contribution in [1.82, 2.24) is 14.8 Å². The van der Waals surface area contributed by atoms with Crippen LogP contribution >= 0.6 is 0 Å². The second-order valence-electron chi connectivity index (χ2n) is 3.23. The molecule has 0 bridgehead atoms. The molecule has 2 rings (SSSR count). The van der Waals surface area contributed by atoms with Crippen LogP contribution in [-0.4, -0.2) is 33.1 Å². The fourth-order valence-electron chi connectivity index (χ4n) is 1.25. The molecule has 0 saturated heterocycles. The maximum atomic E-state index is 8.60. The summed E-state index contributed by atoms with van der Waals surface area (Å²) >= 11 is 0. The van der Waals surface area contributed by atoms with Crippen molar-refractivity contribution in [2.24, 2.45) is 0 Å². The molecule has 0 fully saturated rings. The number of nitrogens with zero attached hydrogens (tertiary/aromatic N) is 3. The van der Waals surface area contributed by atoms with Crippen LogP contribution in [-0.2, 0) is 0 Å². The summed E-state index contributed by atoms with van der Waals surface area (Å²) in [6.07, 6.45) is 2.18. The molecule has 1 N–H and O–H groups in total. The van der Waals surface area contributed by atoms with Crippen LogP contribution in [0.25, 0.3) is 5.69 Å². The van der Waals surface area contributed by atoms with Gasteiger partial charge in [-0.2, -0.15) is 4.98 Å². The third kappa shape index (κ3) is 2.58. The normalized spacial score (nSPS) is 10.3. The molecule has 0 aliphatic carbocycles. The number of hydrogen-bond acceptors (Lipinski definition) is 4. The van der Waals surface area contributed by atoms with E-state index in [-0.39, 0.29) is 6.61 Å². The zero-order valence-corrected chi connectivity index (χ0v) is 8.78. The van der Waals surface area contributed by atoms with Crippen LogP contribution in [0.3, 0.4) is 0 Å². The largest absolute Gasteiger partial charge is 0.462 e. The van der Waals surface area contributed by atoms with Crippen molar-refractivity contribution < 1.29 is 9.84 Å². The van der Waals surface area contributed by atoms with Crippen LogP contribution in [0.4, 0.5) is 0 Å². The van der Waals surface area contributed by atoms with Gasteiger partial charge in [0, 0.05) is 13.0 Å². The van der Waals surface area contributed by atoms with Crippen LogP contribution < -0.4 is 4.74 Å². The Morgan fingerprint density at radius 1 is 1.25 bits per heavy atom. The number of aromatic nitrogens is 3. The van der Waals surface area contributed by atoms with Crippen molar-refractivity contribution in [2.75, 3.05) is 13.2 Å². The Kier molecular flexibility index (Phi) is 3.50. The van der Waals surface area contributed by atoms with Gasteiger partial charge in [-0.15, -0.1) is 5.10 Å². The third-order valence-electron chi connectivity index (χ3n) is 2.03. The van der Waals surface area contributed by atoms with Crippen LogP contribution in [0, 0.1) is 0 Å². The summed E-state index contributed by atoms with van der Waals surface area (Å²) in [6, 6.07) is 10.0. The molecule has 1 aromatic carbocycles. The monoisotopic (exact) mass is 219 g/mol. The first-order valence-corrected chi connectivity index (χ1v) is 5.11. The van der Waals surface area contributed by atoms with Gasteiger partial charge < -0.3 is 9.84 Å². The lowest BCUT2D eigenvalue weighted by atomic mass is 10.3.